The molecular formula is C22H25NO5. The van der Waals surface area contributed by atoms with E-state index < -0.39 is 12.6 Å². The second-order valence-electron chi connectivity index (χ2n) is 6.88. The van der Waals surface area contributed by atoms with E-state index in [2.05, 4.69) is 0 Å². The Balaban J connectivity index is 1.67. The van der Waals surface area contributed by atoms with Crippen LogP contribution in [0.1, 0.15) is 37.7 Å². The molecule has 0 saturated heterocycles. The molecule has 1 fully saturated rings. The van der Waals surface area contributed by atoms with E-state index in [-0.39, 0.29) is 18.7 Å². The molecule has 1 aliphatic rings. The van der Waals surface area contributed by atoms with Crippen LogP contribution in [-0.4, -0.2) is 29.8 Å². The van der Waals surface area contributed by atoms with E-state index in [0.29, 0.717) is 5.75 Å². The van der Waals surface area contributed by atoms with Gasteiger partial charge >= 0.3 is 12.1 Å². The summed E-state index contributed by atoms with van der Waals surface area (Å²) in [6.07, 6.45) is 5.02. The van der Waals surface area contributed by atoms with Gasteiger partial charge in [0.25, 0.3) is 0 Å². The highest BCUT2D eigenvalue weighted by Crippen LogP contribution is 2.28. The number of carbonyl (C=O) groups excluding carboxylic acids is 1. The van der Waals surface area contributed by atoms with Gasteiger partial charge in [-0.2, -0.15) is 0 Å². The van der Waals surface area contributed by atoms with Gasteiger partial charge in [0.2, 0.25) is 0 Å². The normalized spacial score (nSPS) is 14.3. The van der Waals surface area contributed by atoms with Crippen LogP contribution < -0.4 is 9.64 Å². The molecule has 2 aromatic carbocycles. The number of ether oxygens (including phenoxy) is 2. The fourth-order valence-corrected chi connectivity index (χ4v) is 3.48. The standard InChI is InChI=1S/C22H25NO5/c24-21(25)16-27-20-13-7-8-17(14-20)15-28-22(26)23(18-9-3-1-4-10-18)19-11-5-2-6-12-19/h1,3-4,7-10,13-14,19H,2,5-6,11-12,15-16H2,(H,24,25). The maximum absolute atomic E-state index is 12.9. The third-order valence-electron chi connectivity index (χ3n) is 4.79. The lowest BCUT2D eigenvalue weighted by Crippen LogP contribution is -2.42. The number of carboxylic acids is 1. The molecule has 1 aliphatic carbocycles. The summed E-state index contributed by atoms with van der Waals surface area (Å²) >= 11 is 0. The van der Waals surface area contributed by atoms with Crippen molar-refractivity contribution in [2.45, 2.75) is 44.8 Å². The fourth-order valence-electron chi connectivity index (χ4n) is 3.48. The lowest BCUT2D eigenvalue weighted by Gasteiger charge is -2.33. The summed E-state index contributed by atoms with van der Waals surface area (Å²) in [4.78, 5) is 25.3. The molecular weight excluding hydrogens is 358 g/mol. The molecule has 0 aromatic heterocycles. The van der Waals surface area contributed by atoms with Gasteiger partial charge in [0.1, 0.15) is 12.4 Å². The molecule has 0 aliphatic heterocycles. The van der Waals surface area contributed by atoms with Crippen molar-refractivity contribution >= 4 is 17.7 Å². The molecule has 2 aromatic rings. The Morgan fingerprint density at radius 2 is 1.75 bits per heavy atom. The summed E-state index contributed by atoms with van der Waals surface area (Å²) in [5.41, 5.74) is 1.59. The van der Waals surface area contributed by atoms with Gasteiger partial charge in [-0.05, 0) is 42.7 Å². The molecule has 6 heteroatoms. The monoisotopic (exact) mass is 383 g/mol. The van der Waals surface area contributed by atoms with Crippen LogP contribution in [0.2, 0.25) is 0 Å². The van der Waals surface area contributed by atoms with Gasteiger partial charge in [0.05, 0.1) is 0 Å². The molecule has 0 bridgehead atoms. The third-order valence-corrected chi connectivity index (χ3v) is 4.79. The van der Waals surface area contributed by atoms with E-state index in [1.54, 1.807) is 23.1 Å². The minimum absolute atomic E-state index is 0.0964. The van der Waals surface area contributed by atoms with Crippen molar-refractivity contribution in [3.05, 3.63) is 60.2 Å². The molecule has 1 N–H and O–H groups in total. The predicted molar refractivity (Wildman–Crippen MR) is 106 cm³/mol. The van der Waals surface area contributed by atoms with Crippen LogP contribution in [0, 0.1) is 0 Å². The molecule has 0 radical (unpaired) electrons. The highest BCUT2D eigenvalue weighted by molar-refractivity contribution is 5.88. The summed E-state index contributed by atoms with van der Waals surface area (Å²) in [7, 11) is 0. The molecule has 0 heterocycles. The Morgan fingerprint density at radius 1 is 1.00 bits per heavy atom. The maximum Gasteiger partial charge on any atom is 0.414 e. The quantitative estimate of drug-likeness (QED) is 0.755. The first-order valence-corrected chi connectivity index (χ1v) is 9.58. The summed E-state index contributed by atoms with van der Waals surface area (Å²) < 4.78 is 10.8. The van der Waals surface area contributed by atoms with E-state index in [0.717, 1.165) is 36.9 Å². The lowest BCUT2D eigenvalue weighted by atomic mass is 9.94. The van der Waals surface area contributed by atoms with Gasteiger partial charge in [0.15, 0.2) is 6.61 Å². The number of aliphatic carboxylic acids is 1. The summed E-state index contributed by atoms with van der Waals surface area (Å²) in [6, 6.07) is 16.7. The van der Waals surface area contributed by atoms with E-state index >= 15 is 0 Å². The lowest BCUT2D eigenvalue weighted by molar-refractivity contribution is -0.139. The van der Waals surface area contributed by atoms with Crippen molar-refractivity contribution < 1.29 is 24.2 Å². The Morgan fingerprint density at radius 3 is 2.46 bits per heavy atom. The van der Waals surface area contributed by atoms with Gasteiger partial charge in [-0.25, -0.2) is 9.59 Å². The van der Waals surface area contributed by atoms with Crippen molar-refractivity contribution in [3.63, 3.8) is 0 Å². The molecule has 1 amide bonds. The van der Waals surface area contributed by atoms with Crippen LogP contribution in [0.25, 0.3) is 0 Å². The molecule has 0 atom stereocenters. The Kier molecular flexibility index (Phi) is 6.89. The zero-order valence-corrected chi connectivity index (χ0v) is 15.8. The molecule has 3 rings (SSSR count). The smallest absolute Gasteiger partial charge is 0.414 e. The second kappa shape index (κ2) is 9.78. The van der Waals surface area contributed by atoms with Crippen LogP contribution in [0.15, 0.2) is 54.6 Å². The number of hydrogen-bond donors (Lipinski definition) is 1. The number of carbonyl (C=O) groups is 2. The van der Waals surface area contributed by atoms with Crippen LogP contribution >= 0.6 is 0 Å². The molecule has 148 valence electrons. The number of rotatable bonds is 7. The average Bonchev–Trinajstić information content (AvgIpc) is 2.73. The molecule has 1 saturated carbocycles. The van der Waals surface area contributed by atoms with Gasteiger partial charge in [-0.3, -0.25) is 4.90 Å². The fraction of sp³-hybridized carbons (Fsp3) is 0.364. The molecule has 28 heavy (non-hydrogen) atoms. The highest BCUT2D eigenvalue weighted by atomic mass is 16.6. The van der Waals surface area contributed by atoms with Crippen LogP contribution in [0.5, 0.6) is 5.75 Å². The van der Waals surface area contributed by atoms with E-state index in [4.69, 9.17) is 14.6 Å². The van der Waals surface area contributed by atoms with E-state index in [1.807, 2.05) is 36.4 Å². The SMILES string of the molecule is O=C(O)COc1cccc(COC(=O)N(c2ccccc2)C2CCCCC2)c1. The highest BCUT2D eigenvalue weighted by Gasteiger charge is 2.28. The first-order valence-electron chi connectivity index (χ1n) is 9.58. The number of para-hydroxylation sites is 1. The molecule has 6 nitrogen and oxygen atoms in total. The second-order valence-corrected chi connectivity index (χ2v) is 6.88. The van der Waals surface area contributed by atoms with Crippen LogP contribution in [-0.2, 0) is 16.1 Å². The largest absolute Gasteiger partial charge is 0.482 e. The van der Waals surface area contributed by atoms with Crippen molar-refractivity contribution in [1.82, 2.24) is 0 Å². The van der Waals surface area contributed by atoms with Crippen molar-refractivity contribution in [3.8, 4) is 5.75 Å². The number of amides is 1. The van der Waals surface area contributed by atoms with E-state index in [1.165, 1.54) is 6.42 Å². The van der Waals surface area contributed by atoms with Crippen molar-refractivity contribution in [1.29, 1.82) is 0 Å². The van der Waals surface area contributed by atoms with Gasteiger partial charge in [-0.1, -0.05) is 49.6 Å². The number of hydrogen-bond acceptors (Lipinski definition) is 4. The summed E-state index contributed by atoms with van der Waals surface area (Å²) in [5, 5.41) is 8.71. The molecule has 0 spiro atoms. The maximum atomic E-state index is 12.9. The van der Waals surface area contributed by atoms with Gasteiger partial charge in [-0.15, -0.1) is 0 Å². The minimum atomic E-state index is -1.04. The summed E-state index contributed by atoms with van der Waals surface area (Å²) in [5.74, 6) is -0.606. The number of benzene rings is 2. The zero-order valence-electron chi connectivity index (χ0n) is 15.8. The van der Waals surface area contributed by atoms with Crippen molar-refractivity contribution in [2.24, 2.45) is 0 Å². The Bertz CT molecular complexity index is 787. The minimum Gasteiger partial charge on any atom is -0.482 e. The first kappa shape index (κ1) is 19.7. The average molecular weight is 383 g/mol. The van der Waals surface area contributed by atoms with Crippen LogP contribution in [0.4, 0.5) is 10.5 Å². The predicted octanol–water partition coefficient (Wildman–Crippen LogP) is 4.63. The van der Waals surface area contributed by atoms with Gasteiger partial charge in [0, 0.05) is 11.7 Å². The number of anilines is 1. The number of carboxylic acid groups (broad SMARTS) is 1. The van der Waals surface area contributed by atoms with E-state index in [9.17, 15) is 9.59 Å². The summed E-state index contributed by atoms with van der Waals surface area (Å²) in [6.45, 7) is -0.314. The Hall–Kier alpha value is -3.02. The molecule has 0 unspecified atom stereocenters. The zero-order chi connectivity index (χ0) is 19.8. The van der Waals surface area contributed by atoms with Crippen molar-refractivity contribution in [2.75, 3.05) is 11.5 Å². The number of nitrogens with zero attached hydrogens (tertiary/aromatic N) is 1. The van der Waals surface area contributed by atoms with Crippen LogP contribution in [0.3, 0.4) is 0 Å². The van der Waals surface area contributed by atoms with Gasteiger partial charge < -0.3 is 14.6 Å². The topological polar surface area (TPSA) is 76.1 Å². The third kappa shape index (κ3) is 5.49. The Labute approximate surface area is 164 Å². The first-order chi connectivity index (χ1) is 13.6.